The molecule has 0 aliphatic heterocycles. The van der Waals surface area contributed by atoms with Crippen LogP contribution in [0.1, 0.15) is 33.6 Å². The fourth-order valence-corrected chi connectivity index (χ4v) is 3.10. The lowest BCUT2D eigenvalue weighted by atomic mass is 10.2. The Kier molecular flexibility index (Phi) is 5.31. The Bertz CT molecular complexity index is 1140. The van der Waals surface area contributed by atoms with Gasteiger partial charge in [-0.15, -0.1) is 0 Å². The van der Waals surface area contributed by atoms with Gasteiger partial charge in [0, 0.05) is 30.8 Å². The Morgan fingerprint density at radius 2 is 1.81 bits per heavy atom. The van der Waals surface area contributed by atoms with Crippen LogP contribution in [0.5, 0.6) is 11.5 Å². The van der Waals surface area contributed by atoms with Crippen molar-refractivity contribution in [2.24, 2.45) is 13.0 Å². The van der Waals surface area contributed by atoms with Crippen molar-refractivity contribution in [3.8, 4) is 11.5 Å². The molecule has 1 aliphatic carbocycles. The highest BCUT2D eigenvalue weighted by atomic mass is 16.6. The summed E-state index contributed by atoms with van der Waals surface area (Å²) in [5, 5.41) is 5.60. The van der Waals surface area contributed by atoms with Crippen molar-refractivity contribution in [3.63, 3.8) is 0 Å². The number of ether oxygens (including phenoxy) is 2. The molecule has 3 aromatic rings. The average molecular weight is 422 g/mol. The Labute approximate surface area is 180 Å². The highest BCUT2D eigenvalue weighted by Gasteiger charge is 2.30. The van der Waals surface area contributed by atoms with Crippen LogP contribution in [-0.4, -0.2) is 27.2 Å². The molecule has 1 aromatic heterocycles. The molecule has 162 valence electrons. The van der Waals surface area contributed by atoms with E-state index >= 15 is 0 Å². The topological polar surface area (TPSA) is 94.5 Å². The lowest BCUT2D eigenvalue weighted by Crippen LogP contribution is -2.27. The van der Waals surface area contributed by atoms with Gasteiger partial charge in [0.05, 0.1) is 11.0 Å². The molecule has 8 nitrogen and oxygen atoms in total. The first-order valence-electron chi connectivity index (χ1n) is 10.2. The number of hydrogen-bond donors (Lipinski definition) is 2. The summed E-state index contributed by atoms with van der Waals surface area (Å²) in [6.07, 6.45) is 1.35. The van der Waals surface area contributed by atoms with Crippen molar-refractivity contribution in [2.75, 3.05) is 10.6 Å². The monoisotopic (exact) mass is 422 g/mol. The predicted octanol–water partition coefficient (Wildman–Crippen LogP) is 5.06. The van der Waals surface area contributed by atoms with Crippen LogP contribution in [0.4, 0.5) is 16.4 Å². The van der Waals surface area contributed by atoms with Gasteiger partial charge in [-0.2, -0.15) is 0 Å². The van der Waals surface area contributed by atoms with Gasteiger partial charge in [0.25, 0.3) is 0 Å². The summed E-state index contributed by atoms with van der Waals surface area (Å²) in [6, 6.07) is 12.6. The largest absolute Gasteiger partial charge is 0.457 e. The van der Waals surface area contributed by atoms with E-state index in [1.165, 1.54) is 0 Å². The van der Waals surface area contributed by atoms with Gasteiger partial charge in [0.1, 0.15) is 17.1 Å². The molecule has 8 heteroatoms. The van der Waals surface area contributed by atoms with Crippen LogP contribution in [0.2, 0.25) is 0 Å². The maximum absolute atomic E-state index is 12.1. The number of hydrogen-bond acceptors (Lipinski definition) is 5. The first-order chi connectivity index (χ1) is 14.7. The van der Waals surface area contributed by atoms with Crippen molar-refractivity contribution >= 4 is 34.7 Å². The molecule has 0 unspecified atom stereocenters. The number of carbonyl (C=O) groups excluding carboxylic acids is 2. The maximum Gasteiger partial charge on any atom is 0.412 e. The summed E-state index contributed by atoms with van der Waals surface area (Å²) in [6.45, 7) is 5.43. The van der Waals surface area contributed by atoms with Crippen LogP contribution in [-0.2, 0) is 16.6 Å². The summed E-state index contributed by atoms with van der Waals surface area (Å²) in [7, 11) is 1.85. The van der Waals surface area contributed by atoms with E-state index in [2.05, 4.69) is 15.6 Å². The molecule has 1 heterocycles. The summed E-state index contributed by atoms with van der Waals surface area (Å²) < 4.78 is 13.1. The van der Waals surface area contributed by atoms with Crippen LogP contribution in [0, 0.1) is 5.92 Å². The fourth-order valence-electron chi connectivity index (χ4n) is 3.10. The first kappa shape index (κ1) is 20.7. The number of benzene rings is 2. The third-order valence-corrected chi connectivity index (χ3v) is 4.75. The molecule has 4 rings (SSSR count). The number of fused-ring (bicyclic) bond motifs is 1. The van der Waals surface area contributed by atoms with E-state index < -0.39 is 11.7 Å². The summed E-state index contributed by atoms with van der Waals surface area (Å²) in [4.78, 5) is 28.6. The van der Waals surface area contributed by atoms with Crippen LogP contribution in [0.15, 0.2) is 42.5 Å². The number of amides is 2. The molecular formula is C23H26N4O4. The minimum atomic E-state index is -0.576. The van der Waals surface area contributed by atoms with Crippen LogP contribution in [0.3, 0.4) is 0 Å². The molecule has 0 atom stereocenters. The minimum absolute atomic E-state index is 0.0178. The van der Waals surface area contributed by atoms with Crippen LogP contribution >= 0.6 is 0 Å². The van der Waals surface area contributed by atoms with Crippen LogP contribution < -0.4 is 15.4 Å². The number of anilines is 2. The molecule has 1 saturated carbocycles. The second-order valence-corrected chi connectivity index (χ2v) is 8.67. The van der Waals surface area contributed by atoms with Gasteiger partial charge in [0.2, 0.25) is 11.9 Å². The number of imidazole rings is 1. The highest BCUT2D eigenvalue weighted by Crippen LogP contribution is 2.31. The number of carbonyl (C=O) groups is 2. The summed E-state index contributed by atoms with van der Waals surface area (Å²) in [5.41, 5.74) is 1.60. The molecule has 2 amide bonds. The van der Waals surface area contributed by atoms with E-state index in [0.29, 0.717) is 23.1 Å². The Hall–Kier alpha value is -3.55. The van der Waals surface area contributed by atoms with Gasteiger partial charge in [-0.25, -0.2) is 9.78 Å². The van der Waals surface area contributed by atoms with E-state index in [1.807, 2.05) is 50.6 Å². The third kappa shape index (κ3) is 5.14. The van der Waals surface area contributed by atoms with Crippen molar-refractivity contribution in [1.82, 2.24) is 9.55 Å². The Morgan fingerprint density at radius 1 is 1.06 bits per heavy atom. The van der Waals surface area contributed by atoms with Gasteiger partial charge in [-0.05, 0) is 57.9 Å². The number of rotatable bonds is 5. The lowest BCUT2D eigenvalue weighted by molar-refractivity contribution is -0.117. The normalized spacial score (nSPS) is 13.7. The predicted molar refractivity (Wildman–Crippen MR) is 118 cm³/mol. The van der Waals surface area contributed by atoms with Gasteiger partial charge in [-0.1, -0.05) is 6.07 Å². The number of aromatic nitrogens is 2. The molecule has 2 aromatic carbocycles. The van der Waals surface area contributed by atoms with Crippen molar-refractivity contribution < 1.29 is 19.1 Å². The number of nitrogens with one attached hydrogen (secondary N) is 2. The molecular weight excluding hydrogens is 396 g/mol. The smallest absolute Gasteiger partial charge is 0.412 e. The van der Waals surface area contributed by atoms with Gasteiger partial charge in [-0.3, -0.25) is 15.4 Å². The van der Waals surface area contributed by atoms with E-state index in [9.17, 15) is 9.59 Å². The van der Waals surface area contributed by atoms with Gasteiger partial charge < -0.3 is 14.0 Å². The summed E-state index contributed by atoms with van der Waals surface area (Å²) >= 11 is 0. The third-order valence-electron chi connectivity index (χ3n) is 4.75. The minimum Gasteiger partial charge on any atom is -0.457 e. The Morgan fingerprint density at radius 3 is 2.52 bits per heavy atom. The van der Waals surface area contributed by atoms with E-state index in [0.717, 1.165) is 23.9 Å². The highest BCUT2D eigenvalue weighted by molar-refractivity contribution is 5.94. The quantitative estimate of drug-likeness (QED) is 0.599. The van der Waals surface area contributed by atoms with E-state index in [-0.39, 0.29) is 11.8 Å². The first-order valence-corrected chi connectivity index (χ1v) is 10.2. The van der Waals surface area contributed by atoms with Crippen molar-refractivity contribution in [2.45, 2.75) is 39.2 Å². The molecule has 1 fully saturated rings. The molecule has 31 heavy (non-hydrogen) atoms. The zero-order valence-corrected chi connectivity index (χ0v) is 18.1. The van der Waals surface area contributed by atoms with Crippen molar-refractivity contribution in [1.29, 1.82) is 0 Å². The van der Waals surface area contributed by atoms with E-state index in [1.54, 1.807) is 24.3 Å². The van der Waals surface area contributed by atoms with Crippen LogP contribution in [0.25, 0.3) is 11.0 Å². The Balaban J connectivity index is 1.48. The number of nitrogens with zero attached hydrogens (tertiary/aromatic N) is 2. The number of aryl methyl sites for hydroxylation is 1. The molecule has 0 saturated heterocycles. The molecule has 2 N–H and O–H groups in total. The molecule has 0 spiro atoms. The zero-order chi connectivity index (χ0) is 22.2. The molecule has 0 bridgehead atoms. The summed E-state index contributed by atoms with van der Waals surface area (Å²) in [5.74, 6) is 1.83. The van der Waals surface area contributed by atoms with Crippen molar-refractivity contribution in [3.05, 3.63) is 42.5 Å². The SMILES string of the molecule is Cn1c(NC(=O)C2CC2)nc2ccc(Oc3cccc(NC(=O)OC(C)(C)C)c3)cc21. The fraction of sp³-hybridized carbons (Fsp3) is 0.348. The molecule has 1 aliphatic rings. The zero-order valence-electron chi connectivity index (χ0n) is 18.1. The standard InChI is InChI=1S/C23H26N4O4/c1-23(2,3)31-22(29)24-15-6-5-7-16(12-15)30-17-10-11-18-19(13-17)27(4)21(25-18)26-20(28)14-8-9-14/h5-7,10-14H,8-9H2,1-4H3,(H,24,29)(H,25,26,28). The average Bonchev–Trinajstić information content (AvgIpc) is 3.48. The van der Waals surface area contributed by atoms with Gasteiger partial charge in [0.15, 0.2) is 0 Å². The molecule has 0 radical (unpaired) electrons. The van der Waals surface area contributed by atoms with E-state index in [4.69, 9.17) is 9.47 Å². The second-order valence-electron chi connectivity index (χ2n) is 8.67. The second kappa shape index (κ2) is 7.94. The maximum atomic E-state index is 12.1. The van der Waals surface area contributed by atoms with Gasteiger partial charge >= 0.3 is 6.09 Å². The lowest BCUT2D eigenvalue weighted by Gasteiger charge is -2.19.